The summed E-state index contributed by atoms with van der Waals surface area (Å²) in [4.78, 5) is 15.1. The van der Waals surface area contributed by atoms with Gasteiger partial charge in [-0.1, -0.05) is 206 Å². The van der Waals surface area contributed by atoms with Crippen molar-refractivity contribution in [2.24, 2.45) is 0 Å². The third-order valence-electron chi connectivity index (χ3n) is 16.0. The van der Waals surface area contributed by atoms with Gasteiger partial charge in [0.2, 0.25) is 0 Å². The Labute approximate surface area is 471 Å². The van der Waals surface area contributed by atoms with Gasteiger partial charge in [0.05, 0.1) is 28.2 Å². The number of para-hydroxylation sites is 2. The van der Waals surface area contributed by atoms with E-state index >= 15 is 0 Å². The summed E-state index contributed by atoms with van der Waals surface area (Å²) < 4.78 is 4.40. The highest BCUT2D eigenvalue weighted by molar-refractivity contribution is 5.93. The van der Waals surface area contributed by atoms with Gasteiger partial charge in [0.15, 0.2) is 0 Å². The molecule has 382 valence electrons. The molecular formula is C75H52N6. The molecule has 0 atom stereocenters. The van der Waals surface area contributed by atoms with Crippen molar-refractivity contribution in [2.75, 3.05) is 9.80 Å². The third kappa shape index (κ3) is 8.03. The maximum atomic E-state index is 5.15. The zero-order valence-corrected chi connectivity index (χ0v) is 44.2. The molecule has 0 amide bonds. The molecule has 6 nitrogen and oxygen atoms in total. The lowest BCUT2D eigenvalue weighted by atomic mass is 9.67. The SMILES string of the molecule is c1ccc(-c2nc3ccccn3c2-c2ccc(N(c3ccccc3)c3ccc4c(c3)C(c3ccccc3)(c3ccccc3)c3cc(N(c5ccccc5)c5ccc(-c6c(-c7ccccc7)nc7ccccn67)cc5)ccc3-4)cc2)cc1. The number of anilines is 6. The summed E-state index contributed by atoms with van der Waals surface area (Å²) in [5, 5.41) is 0. The number of nitrogens with zero attached hydrogens (tertiary/aromatic N) is 6. The summed E-state index contributed by atoms with van der Waals surface area (Å²) in [5.41, 5.74) is 23.1. The van der Waals surface area contributed by atoms with Gasteiger partial charge in [-0.3, -0.25) is 8.80 Å². The standard InChI is InChI=1S/C75H52N6/c1-7-23-53(24-8-1)71-73(78-49-21-19-35-69(78)76-71)55-37-41-61(42-38-55)80(59-31-15-5-16-32-59)63-45-47-65-66-48-46-64(52-68(66)75(67(65)51-63,57-27-11-3-12-28-57)58-29-13-4-14-30-58)81(60-33-17-6-18-34-60)62-43-39-56(40-44-62)74-72(54-25-9-2-10-26-54)77-70-36-20-22-50-79(70)74/h1-52H. The number of hydrogen-bond acceptors (Lipinski definition) is 4. The zero-order chi connectivity index (χ0) is 53.7. The molecule has 10 aromatic carbocycles. The number of pyridine rings is 2. The highest BCUT2D eigenvalue weighted by Gasteiger charge is 2.47. The van der Waals surface area contributed by atoms with Crippen molar-refractivity contribution in [2.45, 2.75) is 5.41 Å². The summed E-state index contributed by atoms with van der Waals surface area (Å²) in [5.74, 6) is 0. The maximum absolute atomic E-state index is 5.15. The maximum Gasteiger partial charge on any atom is 0.137 e. The van der Waals surface area contributed by atoms with Gasteiger partial charge in [-0.05, 0) is 130 Å². The Balaban J connectivity index is 0.885. The molecule has 14 aromatic rings. The van der Waals surface area contributed by atoms with Crippen LogP contribution in [0.1, 0.15) is 22.3 Å². The molecular weight excluding hydrogens is 985 g/mol. The minimum Gasteiger partial charge on any atom is -0.310 e. The molecule has 0 saturated carbocycles. The van der Waals surface area contributed by atoms with Gasteiger partial charge in [-0.25, -0.2) is 9.97 Å². The normalized spacial score (nSPS) is 12.3. The van der Waals surface area contributed by atoms with Gasteiger partial charge in [0.25, 0.3) is 0 Å². The van der Waals surface area contributed by atoms with Gasteiger partial charge in [-0.15, -0.1) is 0 Å². The molecule has 0 spiro atoms. The first kappa shape index (κ1) is 47.4. The van der Waals surface area contributed by atoms with E-state index in [9.17, 15) is 0 Å². The van der Waals surface area contributed by atoms with Crippen molar-refractivity contribution < 1.29 is 0 Å². The highest BCUT2D eigenvalue weighted by Crippen LogP contribution is 2.58. The largest absolute Gasteiger partial charge is 0.310 e. The lowest BCUT2D eigenvalue weighted by molar-refractivity contribution is 0.768. The Hall–Kier alpha value is -10.8. The van der Waals surface area contributed by atoms with Crippen LogP contribution >= 0.6 is 0 Å². The van der Waals surface area contributed by atoms with Crippen LogP contribution in [-0.2, 0) is 5.41 Å². The average molecular weight is 1040 g/mol. The Morgan fingerprint density at radius 2 is 0.593 bits per heavy atom. The first-order valence-electron chi connectivity index (χ1n) is 27.6. The van der Waals surface area contributed by atoms with Crippen LogP contribution in [0.5, 0.6) is 0 Å². The van der Waals surface area contributed by atoms with Gasteiger partial charge in [-0.2, -0.15) is 0 Å². The molecule has 15 rings (SSSR count). The van der Waals surface area contributed by atoms with Crippen molar-refractivity contribution in [3.05, 3.63) is 338 Å². The zero-order valence-electron chi connectivity index (χ0n) is 44.2. The van der Waals surface area contributed by atoms with E-state index in [1.165, 1.54) is 33.4 Å². The van der Waals surface area contributed by atoms with Crippen LogP contribution in [0, 0.1) is 0 Å². The van der Waals surface area contributed by atoms with E-state index in [2.05, 4.69) is 322 Å². The molecule has 0 unspecified atom stereocenters. The van der Waals surface area contributed by atoms with Crippen LogP contribution in [0.4, 0.5) is 34.1 Å². The molecule has 0 bridgehead atoms. The lowest BCUT2D eigenvalue weighted by Crippen LogP contribution is -2.29. The van der Waals surface area contributed by atoms with Crippen LogP contribution in [0.15, 0.2) is 316 Å². The minimum absolute atomic E-state index is 0.703. The van der Waals surface area contributed by atoms with E-state index in [1.807, 2.05) is 12.1 Å². The molecule has 0 N–H and O–H groups in total. The van der Waals surface area contributed by atoms with Crippen molar-refractivity contribution in [3.63, 3.8) is 0 Å². The number of benzene rings is 10. The minimum atomic E-state index is -0.703. The molecule has 0 radical (unpaired) electrons. The summed E-state index contributed by atoms with van der Waals surface area (Å²) in [6, 6.07) is 109. The molecule has 4 heterocycles. The first-order valence-corrected chi connectivity index (χ1v) is 27.6. The van der Waals surface area contributed by atoms with Gasteiger partial charge >= 0.3 is 0 Å². The monoisotopic (exact) mass is 1040 g/mol. The predicted octanol–water partition coefficient (Wildman–Crippen LogP) is 19.0. The number of aromatic nitrogens is 4. The average Bonchev–Trinajstić information content (AvgIpc) is 2.73. The summed E-state index contributed by atoms with van der Waals surface area (Å²) in [7, 11) is 0. The number of hydrogen-bond donors (Lipinski definition) is 0. The lowest BCUT2D eigenvalue weighted by Gasteiger charge is -2.35. The van der Waals surface area contributed by atoms with Crippen molar-refractivity contribution in [1.82, 2.24) is 18.8 Å². The predicted molar refractivity (Wildman–Crippen MR) is 332 cm³/mol. The van der Waals surface area contributed by atoms with Crippen molar-refractivity contribution in [1.29, 1.82) is 0 Å². The molecule has 81 heavy (non-hydrogen) atoms. The Bertz CT molecular complexity index is 4240. The fourth-order valence-corrected chi connectivity index (χ4v) is 12.5. The van der Waals surface area contributed by atoms with Gasteiger partial charge in [0.1, 0.15) is 11.3 Å². The number of fused-ring (bicyclic) bond motifs is 5. The summed E-state index contributed by atoms with van der Waals surface area (Å²) in [6.07, 6.45) is 4.21. The second-order valence-corrected chi connectivity index (χ2v) is 20.6. The molecule has 1 aliphatic rings. The summed E-state index contributed by atoms with van der Waals surface area (Å²) in [6.45, 7) is 0. The van der Waals surface area contributed by atoms with Crippen LogP contribution in [0.2, 0.25) is 0 Å². The molecule has 1 aliphatic carbocycles. The van der Waals surface area contributed by atoms with E-state index in [-0.39, 0.29) is 0 Å². The van der Waals surface area contributed by atoms with E-state index in [0.717, 1.165) is 90.4 Å². The molecule has 0 saturated heterocycles. The third-order valence-corrected chi connectivity index (χ3v) is 16.0. The Morgan fingerprint density at radius 1 is 0.272 bits per heavy atom. The second-order valence-electron chi connectivity index (χ2n) is 20.6. The van der Waals surface area contributed by atoms with Gasteiger partial charge in [0, 0.05) is 68.8 Å². The first-order chi connectivity index (χ1) is 40.2. The van der Waals surface area contributed by atoms with Crippen LogP contribution in [0.25, 0.3) is 67.5 Å². The second kappa shape index (κ2) is 19.9. The van der Waals surface area contributed by atoms with E-state index in [1.54, 1.807) is 0 Å². The van der Waals surface area contributed by atoms with Crippen LogP contribution in [0.3, 0.4) is 0 Å². The Morgan fingerprint density at radius 3 is 0.975 bits per heavy atom. The number of rotatable bonds is 12. The Kier molecular flexibility index (Phi) is 11.6. The molecule has 6 heteroatoms. The van der Waals surface area contributed by atoms with Gasteiger partial charge < -0.3 is 9.80 Å². The molecule has 0 fully saturated rings. The molecule has 4 aromatic heterocycles. The van der Waals surface area contributed by atoms with Crippen molar-refractivity contribution >= 4 is 45.4 Å². The fourth-order valence-electron chi connectivity index (χ4n) is 12.5. The quantitative estimate of drug-likeness (QED) is 0.122. The fraction of sp³-hybridized carbons (Fsp3) is 0.0133. The summed E-state index contributed by atoms with van der Waals surface area (Å²) >= 11 is 0. The highest BCUT2D eigenvalue weighted by atomic mass is 15.1. The molecule has 0 aliphatic heterocycles. The number of imidazole rings is 2. The van der Waals surface area contributed by atoms with Crippen LogP contribution < -0.4 is 9.80 Å². The van der Waals surface area contributed by atoms with E-state index in [4.69, 9.17) is 9.97 Å². The smallest absolute Gasteiger partial charge is 0.137 e. The van der Waals surface area contributed by atoms with Crippen molar-refractivity contribution in [3.8, 4) is 56.2 Å². The van der Waals surface area contributed by atoms with Crippen LogP contribution in [-0.4, -0.2) is 18.8 Å². The van der Waals surface area contributed by atoms with E-state index in [0.29, 0.717) is 0 Å². The topological polar surface area (TPSA) is 41.1 Å². The van der Waals surface area contributed by atoms with E-state index < -0.39 is 5.41 Å².